The van der Waals surface area contributed by atoms with Gasteiger partial charge >= 0.3 is 0 Å². The molecule has 3 N–H and O–H groups in total. The molecule has 1 aliphatic heterocycles. The number of thiophene rings is 1. The first kappa shape index (κ1) is 23.3. The number of hydrogen-bond donors (Lipinski definition) is 3. The lowest BCUT2D eigenvalue weighted by molar-refractivity contribution is -0.114. The van der Waals surface area contributed by atoms with Gasteiger partial charge in [-0.1, -0.05) is 36.0 Å². The van der Waals surface area contributed by atoms with Gasteiger partial charge in [0.25, 0.3) is 5.91 Å². The molecule has 170 valence electrons. The summed E-state index contributed by atoms with van der Waals surface area (Å²) in [6.07, 6.45) is 3.20. The molecule has 3 aromatic rings. The number of nitriles is 1. The van der Waals surface area contributed by atoms with Crippen molar-refractivity contribution in [2.45, 2.75) is 12.8 Å². The third-order valence-electron chi connectivity index (χ3n) is 5.06. The Balaban J connectivity index is 1.59. The van der Waals surface area contributed by atoms with Gasteiger partial charge < -0.3 is 16.0 Å². The minimum absolute atomic E-state index is 0.103. The van der Waals surface area contributed by atoms with E-state index in [-0.39, 0.29) is 17.6 Å². The lowest BCUT2D eigenvalue weighted by atomic mass is 9.86. The Morgan fingerprint density at radius 3 is 2.50 bits per heavy atom. The first-order valence-corrected chi connectivity index (χ1v) is 12.3. The summed E-state index contributed by atoms with van der Waals surface area (Å²) in [6.45, 7) is 1.81. The number of nitrogens with one attached hydrogen (secondary N) is 3. The fourth-order valence-corrected chi connectivity index (χ4v) is 5.29. The van der Waals surface area contributed by atoms with E-state index < -0.39 is 5.92 Å². The topological polar surface area (TPSA) is 107 Å². The highest BCUT2D eigenvalue weighted by Gasteiger charge is 2.35. The number of amides is 2. The molecule has 1 atom stereocenters. The number of carbonyl (C=O) groups is 2. The normalized spacial score (nSPS) is 15.4. The third-order valence-corrected chi connectivity index (χ3v) is 7.02. The van der Waals surface area contributed by atoms with Crippen LogP contribution in [0.5, 0.6) is 0 Å². The molecule has 1 aromatic carbocycles. The van der Waals surface area contributed by atoms with Crippen molar-refractivity contribution in [3.05, 3.63) is 99.1 Å². The zero-order chi connectivity index (χ0) is 23.9. The predicted octanol–water partition coefficient (Wildman–Crippen LogP) is 4.85. The lowest BCUT2D eigenvalue weighted by Gasteiger charge is -2.29. The van der Waals surface area contributed by atoms with Crippen LogP contribution in [0.3, 0.4) is 0 Å². The predicted molar refractivity (Wildman–Crippen MR) is 136 cm³/mol. The number of dihydropyridines is 1. The van der Waals surface area contributed by atoms with Gasteiger partial charge in [-0.25, -0.2) is 0 Å². The van der Waals surface area contributed by atoms with Gasteiger partial charge in [-0.15, -0.1) is 11.3 Å². The molecular formula is C25H21N5O2S2. The van der Waals surface area contributed by atoms with Gasteiger partial charge in [-0.3, -0.25) is 14.6 Å². The number of aromatic nitrogens is 1. The highest BCUT2D eigenvalue weighted by Crippen LogP contribution is 2.42. The summed E-state index contributed by atoms with van der Waals surface area (Å²) in [7, 11) is 0. The number of benzene rings is 1. The maximum Gasteiger partial charge on any atom is 0.254 e. The minimum Gasteiger partial charge on any atom is -0.353 e. The summed E-state index contributed by atoms with van der Waals surface area (Å²) in [5, 5.41) is 21.5. The van der Waals surface area contributed by atoms with E-state index in [1.54, 1.807) is 24.5 Å². The van der Waals surface area contributed by atoms with E-state index in [1.165, 1.54) is 23.1 Å². The van der Waals surface area contributed by atoms with Crippen LogP contribution in [0.15, 0.2) is 94.2 Å². The number of rotatable bonds is 7. The van der Waals surface area contributed by atoms with Crippen LogP contribution in [0.25, 0.3) is 0 Å². The molecule has 2 aromatic heterocycles. The summed E-state index contributed by atoms with van der Waals surface area (Å²) in [5.41, 5.74) is 2.86. The summed E-state index contributed by atoms with van der Waals surface area (Å²) in [6, 6.07) is 18.7. The Hall–Kier alpha value is -3.87. The maximum absolute atomic E-state index is 13.3. The Kier molecular flexibility index (Phi) is 7.42. The zero-order valence-corrected chi connectivity index (χ0v) is 19.9. The second-order valence-corrected chi connectivity index (χ2v) is 9.32. The number of thioether (sulfide) groups is 1. The van der Waals surface area contributed by atoms with Crippen molar-refractivity contribution >= 4 is 46.3 Å². The number of para-hydroxylation sites is 1. The molecular weight excluding hydrogens is 466 g/mol. The average Bonchev–Trinajstić information content (AvgIpc) is 3.38. The molecule has 0 bridgehead atoms. The van der Waals surface area contributed by atoms with Crippen LogP contribution < -0.4 is 16.0 Å². The van der Waals surface area contributed by atoms with Crippen molar-refractivity contribution < 1.29 is 9.59 Å². The number of hydrogen-bond acceptors (Lipinski definition) is 7. The highest BCUT2D eigenvalue weighted by molar-refractivity contribution is 8.03. The first-order chi connectivity index (χ1) is 16.6. The van der Waals surface area contributed by atoms with Gasteiger partial charge in [0, 0.05) is 39.9 Å². The van der Waals surface area contributed by atoms with Crippen LogP contribution >= 0.6 is 23.1 Å². The molecule has 0 radical (unpaired) electrons. The van der Waals surface area contributed by atoms with Crippen molar-refractivity contribution in [3.8, 4) is 6.07 Å². The van der Waals surface area contributed by atoms with Crippen LogP contribution in [0.1, 0.15) is 17.7 Å². The first-order valence-electron chi connectivity index (χ1n) is 10.4. The molecule has 34 heavy (non-hydrogen) atoms. The van der Waals surface area contributed by atoms with E-state index in [2.05, 4.69) is 27.0 Å². The molecule has 2 amide bonds. The van der Waals surface area contributed by atoms with Gasteiger partial charge in [0.15, 0.2) is 0 Å². The number of allylic oxidation sites excluding steroid dienone is 2. The lowest BCUT2D eigenvalue weighted by Crippen LogP contribution is -2.30. The van der Waals surface area contributed by atoms with Crippen molar-refractivity contribution in [3.63, 3.8) is 0 Å². The Morgan fingerprint density at radius 1 is 1.09 bits per heavy atom. The summed E-state index contributed by atoms with van der Waals surface area (Å²) >= 11 is 2.72. The van der Waals surface area contributed by atoms with E-state index in [0.29, 0.717) is 33.2 Å². The van der Waals surface area contributed by atoms with E-state index in [4.69, 9.17) is 0 Å². The molecule has 0 saturated heterocycles. The van der Waals surface area contributed by atoms with E-state index in [9.17, 15) is 14.9 Å². The van der Waals surface area contributed by atoms with Crippen molar-refractivity contribution in [2.24, 2.45) is 0 Å². The van der Waals surface area contributed by atoms with Crippen LogP contribution in [-0.2, 0) is 9.59 Å². The second-order valence-electron chi connectivity index (χ2n) is 7.36. The van der Waals surface area contributed by atoms with Crippen molar-refractivity contribution in [1.29, 1.82) is 5.26 Å². The molecule has 0 saturated carbocycles. The second kappa shape index (κ2) is 10.8. The maximum atomic E-state index is 13.3. The van der Waals surface area contributed by atoms with E-state index in [0.717, 1.165) is 4.88 Å². The fraction of sp³-hybridized carbons (Fsp3) is 0.120. The van der Waals surface area contributed by atoms with Crippen molar-refractivity contribution in [2.75, 3.05) is 16.4 Å². The SMILES string of the molecule is CC1=C(C(=O)Nc2ccccc2)C(c2cccs2)C(C#N)=C(SCC(=O)Nc2ccncc2)N1. The smallest absolute Gasteiger partial charge is 0.254 e. The fourth-order valence-electron chi connectivity index (χ4n) is 3.56. The van der Waals surface area contributed by atoms with E-state index >= 15 is 0 Å². The number of pyridine rings is 1. The van der Waals surface area contributed by atoms with Crippen LogP contribution in [0, 0.1) is 11.3 Å². The molecule has 0 aliphatic carbocycles. The third kappa shape index (κ3) is 5.36. The Morgan fingerprint density at radius 2 is 1.82 bits per heavy atom. The summed E-state index contributed by atoms with van der Waals surface area (Å²) in [5.74, 6) is -0.904. The largest absolute Gasteiger partial charge is 0.353 e. The quantitative estimate of drug-likeness (QED) is 0.440. The average molecular weight is 488 g/mol. The van der Waals surface area contributed by atoms with E-state index in [1.807, 2.05) is 54.8 Å². The van der Waals surface area contributed by atoms with Gasteiger partial charge in [-0.05, 0) is 42.6 Å². The summed E-state index contributed by atoms with van der Waals surface area (Å²) < 4.78 is 0. The van der Waals surface area contributed by atoms with Gasteiger partial charge in [0.05, 0.1) is 28.3 Å². The Labute approximate surface area is 205 Å². The van der Waals surface area contributed by atoms with Gasteiger partial charge in [0.1, 0.15) is 0 Å². The van der Waals surface area contributed by atoms with Crippen LogP contribution in [0.2, 0.25) is 0 Å². The zero-order valence-electron chi connectivity index (χ0n) is 18.2. The number of anilines is 2. The molecule has 3 heterocycles. The molecule has 4 rings (SSSR count). The van der Waals surface area contributed by atoms with Gasteiger partial charge in [0.2, 0.25) is 5.91 Å². The van der Waals surface area contributed by atoms with Crippen LogP contribution in [-0.4, -0.2) is 22.6 Å². The molecule has 7 nitrogen and oxygen atoms in total. The molecule has 1 aliphatic rings. The molecule has 1 unspecified atom stereocenters. The number of nitrogens with zero attached hydrogens (tertiary/aromatic N) is 2. The minimum atomic E-state index is -0.527. The summed E-state index contributed by atoms with van der Waals surface area (Å²) in [4.78, 5) is 30.6. The monoisotopic (exact) mass is 487 g/mol. The van der Waals surface area contributed by atoms with Crippen molar-refractivity contribution in [1.82, 2.24) is 10.3 Å². The van der Waals surface area contributed by atoms with Crippen LogP contribution in [0.4, 0.5) is 11.4 Å². The molecule has 9 heteroatoms. The molecule has 0 spiro atoms. The highest BCUT2D eigenvalue weighted by atomic mass is 32.2. The number of carbonyl (C=O) groups excluding carboxylic acids is 2. The van der Waals surface area contributed by atoms with Gasteiger partial charge in [-0.2, -0.15) is 5.26 Å². The standard InChI is InChI=1S/C25H21N5O2S2/c1-16-22(24(32)30-17-6-3-2-4-7-17)23(20-8-5-13-33-20)19(14-26)25(28-16)34-15-21(31)29-18-9-11-27-12-10-18/h2-13,23,28H,15H2,1H3,(H,30,32)(H,27,29,31). The Bertz CT molecular complexity index is 1280. The molecule has 0 fully saturated rings.